The normalized spacial score (nSPS) is 10.2. The fourth-order valence-corrected chi connectivity index (χ4v) is 2.96. The second kappa shape index (κ2) is 8.87. The second-order valence-corrected chi connectivity index (χ2v) is 6.53. The maximum absolute atomic E-state index is 12.1. The largest absolute Gasteiger partial charge is 0.497 e. The van der Waals surface area contributed by atoms with Crippen LogP contribution in [0.1, 0.15) is 20.2 Å². The first-order valence-corrected chi connectivity index (χ1v) is 8.92. The number of nitrogens with one attached hydrogen (secondary N) is 2. The van der Waals surface area contributed by atoms with Crippen molar-refractivity contribution in [3.05, 3.63) is 65.4 Å². The van der Waals surface area contributed by atoms with E-state index >= 15 is 0 Å². The van der Waals surface area contributed by atoms with Crippen LogP contribution in [0.15, 0.2) is 59.2 Å². The van der Waals surface area contributed by atoms with Gasteiger partial charge in [-0.15, -0.1) is 11.3 Å². The van der Waals surface area contributed by atoms with Gasteiger partial charge < -0.3 is 24.5 Å². The van der Waals surface area contributed by atoms with Crippen LogP contribution in [-0.4, -0.2) is 31.5 Å². The molecule has 0 bridgehead atoms. The fraction of sp³-hybridized carbons (Fsp3) is 0.105. The first-order valence-electron chi connectivity index (χ1n) is 8.11. The Kier molecular flexibility index (Phi) is 6.07. The summed E-state index contributed by atoms with van der Waals surface area (Å²) in [5, 5.41) is 5.68. The number of esters is 1. The Morgan fingerprint density at radius 1 is 1.04 bits per heavy atom. The molecule has 0 saturated heterocycles. The first kappa shape index (κ1) is 19.2. The predicted octanol–water partition coefficient (Wildman–Crippen LogP) is 3.40. The van der Waals surface area contributed by atoms with E-state index in [1.807, 2.05) is 0 Å². The molecule has 1 aromatic carbocycles. The van der Waals surface area contributed by atoms with Crippen LogP contribution in [0.4, 0.5) is 10.7 Å². The second-order valence-electron chi connectivity index (χ2n) is 5.45. The van der Waals surface area contributed by atoms with Crippen molar-refractivity contribution in [2.45, 2.75) is 0 Å². The lowest BCUT2D eigenvalue weighted by Gasteiger charge is -2.06. The van der Waals surface area contributed by atoms with Crippen molar-refractivity contribution in [2.24, 2.45) is 0 Å². The Morgan fingerprint density at radius 3 is 2.50 bits per heavy atom. The Balaban J connectivity index is 1.48. The summed E-state index contributed by atoms with van der Waals surface area (Å²) < 4.78 is 15.0. The van der Waals surface area contributed by atoms with Crippen LogP contribution in [-0.2, 0) is 9.53 Å². The standard InChI is InChI=1S/C19H16N2O6S/c1-25-13-6-4-12(5-7-13)20-16(22)11-27-19(24)15-8-9-17(28-15)21-18(23)14-3-2-10-26-14/h2-10H,11H2,1H3,(H,20,22)(H,21,23). The molecular weight excluding hydrogens is 384 g/mol. The summed E-state index contributed by atoms with van der Waals surface area (Å²) in [5.41, 5.74) is 0.556. The molecule has 0 spiro atoms. The highest BCUT2D eigenvalue weighted by Gasteiger charge is 2.15. The first-order chi connectivity index (χ1) is 13.5. The lowest BCUT2D eigenvalue weighted by Crippen LogP contribution is -2.20. The zero-order valence-corrected chi connectivity index (χ0v) is 15.6. The number of rotatable bonds is 7. The van der Waals surface area contributed by atoms with Gasteiger partial charge in [-0.3, -0.25) is 9.59 Å². The average molecular weight is 400 g/mol. The van der Waals surface area contributed by atoms with Gasteiger partial charge in [0.1, 0.15) is 10.6 Å². The van der Waals surface area contributed by atoms with Gasteiger partial charge in [0.05, 0.1) is 18.4 Å². The van der Waals surface area contributed by atoms with Crippen molar-refractivity contribution in [1.82, 2.24) is 0 Å². The molecule has 2 N–H and O–H groups in total. The average Bonchev–Trinajstić information content (AvgIpc) is 3.39. The van der Waals surface area contributed by atoms with Crippen molar-refractivity contribution in [3.8, 4) is 5.75 Å². The number of carbonyl (C=O) groups is 3. The number of furan rings is 1. The zero-order valence-electron chi connectivity index (χ0n) is 14.8. The predicted molar refractivity (Wildman–Crippen MR) is 103 cm³/mol. The van der Waals surface area contributed by atoms with E-state index in [1.165, 1.54) is 18.4 Å². The molecule has 0 aliphatic rings. The van der Waals surface area contributed by atoms with Crippen molar-refractivity contribution in [1.29, 1.82) is 0 Å². The van der Waals surface area contributed by atoms with Crippen LogP contribution in [0.3, 0.4) is 0 Å². The quantitative estimate of drug-likeness (QED) is 0.589. The number of ether oxygens (including phenoxy) is 2. The molecule has 8 nitrogen and oxygen atoms in total. The molecule has 9 heteroatoms. The van der Waals surface area contributed by atoms with Crippen LogP contribution in [0, 0.1) is 0 Å². The molecule has 0 unspecified atom stereocenters. The molecule has 0 saturated carbocycles. The lowest BCUT2D eigenvalue weighted by molar-refractivity contribution is -0.119. The molecule has 0 atom stereocenters. The molecule has 0 aliphatic heterocycles. The van der Waals surface area contributed by atoms with Crippen LogP contribution < -0.4 is 15.4 Å². The Morgan fingerprint density at radius 2 is 1.82 bits per heavy atom. The van der Waals surface area contributed by atoms with E-state index < -0.39 is 24.4 Å². The molecule has 2 heterocycles. The van der Waals surface area contributed by atoms with Gasteiger partial charge >= 0.3 is 5.97 Å². The van der Waals surface area contributed by atoms with Crippen molar-refractivity contribution < 1.29 is 28.3 Å². The van der Waals surface area contributed by atoms with E-state index in [0.717, 1.165) is 11.3 Å². The monoisotopic (exact) mass is 400 g/mol. The van der Waals surface area contributed by atoms with E-state index in [2.05, 4.69) is 10.6 Å². The summed E-state index contributed by atoms with van der Waals surface area (Å²) in [4.78, 5) is 36.1. The number of carbonyl (C=O) groups excluding carboxylic acids is 3. The van der Waals surface area contributed by atoms with Gasteiger partial charge in [0.25, 0.3) is 11.8 Å². The van der Waals surface area contributed by atoms with Gasteiger partial charge in [-0.1, -0.05) is 0 Å². The van der Waals surface area contributed by atoms with E-state index in [1.54, 1.807) is 43.5 Å². The number of methoxy groups -OCH3 is 1. The van der Waals surface area contributed by atoms with Crippen LogP contribution in [0.5, 0.6) is 5.75 Å². The third kappa shape index (κ3) is 4.98. The highest BCUT2D eigenvalue weighted by Crippen LogP contribution is 2.23. The Labute approximate surface area is 164 Å². The summed E-state index contributed by atoms with van der Waals surface area (Å²) in [6.07, 6.45) is 1.39. The van der Waals surface area contributed by atoms with E-state index in [0.29, 0.717) is 16.4 Å². The smallest absolute Gasteiger partial charge is 0.348 e. The SMILES string of the molecule is COc1ccc(NC(=O)COC(=O)c2ccc(NC(=O)c3ccco3)s2)cc1. The van der Waals surface area contributed by atoms with Gasteiger partial charge in [-0.25, -0.2) is 4.79 Å². The molecule has 0 aliphatic carbocycles. The highest BCUT2D eigenvalue weighted by atomic mass is 32.1. The Hall–Kier alpha value is -3.59. The van der Waals surface area contributed by atoms with Gasteiger partial charge in [-0.2, -0.15) is 0 Å². The lowest BCUT2D eigenvalue weighted by atomic mass is 10.3. The molecule has 3 rings (SSSR count). The molecule has 2 aromatic heterocycles. The third-order valence-corrected chi connectivity index (χ3v) is 4.48. The van der Waals surface area contributed by atoms with Gasteiger partial charge in [0.15, 0.2) is 12.4 Å². The van der Waals surface area contributed by atoms with Gasteiger partial charge in [-0.05, 0) is 48.5 Å². The van der Waals surface area contributed by atoms with Crippen LogP contribution in [0.2, 0.25) is 0 Å². The Bertz CT molecular complexity index is 963. The molecular formula is C19H16N2O6S. The van der Waals surface area contributed by atoms with Crippen molar-refractivity contribution in [3.63, 3.8) is 0 Å². The molecule has 3 aromatic rings. The summed E-state index contributed by atoms with van der Waals surface area (Å²) >= 11 is 1.03. The summed E-state index contributed by atoms with van der Waals surface area (Å²) in [6, 6.07) is 12.9. The van der Waals surface area contributed by atoms with E-state index in [9.17, 15) is 14.4 Å². The fourth-order valence-electron chi connectivity index (χ4n) is 2.17. The third-order valence-electron chi connectivity index (χ3n) is 3.50. The minimum absolute atomic E-state index is 0.160. The zero-order chi connectivity index (χ0) is 19.9. The van der Waals surface area contributed by atoms with Crippen molar-refractivity contribution in [2.75, 3.05) is 24.4 Å². The number of anilines is 2. The van der Waals surface area contributed by atoms with Gasteiger partial charge in [0, 0.05) is 5.69 Å². The van der Waals surface area contributed by atoms with Crippen LogP contribution in [0.25, 0.3) is 0 Å². The molecule has 2 amide bonds. The highest BCUT2D eigenvalue weighted by molar-refractivity contribution is 7.18. The molecule has 28 heavy (non-hydrogen) atoms. The number of hydrogen-bond donors (Lipinski definition) is 2. The number of thiophene rings is 1. The minimum Gasteiger partial charge on any atom is -0.497 e. The number of amides is 2. The van der Waals surface area contributed by atoms with Crippen molar-refractivity contribution >= 4 is 39.8 Å². The summed E-state index contributed by atoms with van der Waals surface area (Å²) in [7, 11) is 1.55. The minimum atomic E-state index is -0.659. The molecule has 0 radical (unpaired) electrons. The summed E-state index contributed by atoms with van der Waals surface area (Å²) in [5.74, 6) is -0.731. The maximum Gasteiger partial charge on any atom is 0.348 e. The molecule has 0 fully saturated rings. The van der Waals surface area contributed by atoms with Gasteiger partial charge in [0.2, 0.25) is 0 Å². The molecule has 144 valence electrons. The number of benzene rings is 1. The number of hydrogen-bond acceptors (Lipinski definition) is 7. The van der Waals surface area contributed by atoms with Crippen LogP contribution >= 0.6 is 11.3 Å². The van der Waals surface area contributed by atoms with E-state index in [-0.39, 0.29) is 10.6 Å². The topological polar surface area (TPSA) is 107 Å². The summed E-state index contributed by atoms with van der Waals surface area (Å²) in [6.45, 7) is -0.434. The maximum atomic E-state index is 12.1. The van der Waals surface area contributed by atoms with E-state index in [4.69, 9.17) is 13.9 Å².